The van der Waals surface area contributed by atoms with Gasteiger partial charge in [-0.1, -0.05) is 12.1 Å². The van der Waals surface area contributed by atoms with Crippen molar-refractivity contribution in [2.75, 3.05) is 44.2 Å². The molecule has 1 aliphatic rings. The number of anilines is 1. The number of halogens is 6. The maximum atomic E-state index is 13.5. The van der Waals surface area contributed by atoms with E-state index in [-0.39, 0.29) is 13.1 Å². The van der Waals surface area contributed by atoms with Crippen molar-refractivity contribution < 1.29 is 31.1 Å². The molecule has 0 atom stereocenters. The molecular formula is C21H19F6N3O. The fourth-order valence-corrected chi connectivity index (χ4v) is 3.50. The van der Waals surface area contributed by atoms with Crippen LogP contribution in [0.25, 0.3) is 0 Å². The monoisotopic (exact) mass is 443 g/mol. The molecule has 4 nitrogen and oxygen atoms in total. The van der Waals surface area contributed by atoms with Gasteiger partial charge in [-0.05, 0) is 30.3 Å². The summed E-state index contributed by atoms with van der Waals surface area (Å²) >= 11 is 0. The number of rotatable bonds is 5. The molecule has 10 heteroatoms. The van der Waals surface area contributed by atoms with Gasteiger partial charge in [-0.3, -0.25) is 4.90 Å². The van der Waals surface area contributed by atoms with Gasteiger partial charge in [0.15, 0.2) is 0 Å². The lowest BCUT2D eigenvalue weighted by Gasteiger charge is -2.37. The summed E-state index contributed by atoms with van der Waals surface area (Å²) in [5.41, 5.74) is -3.30. The number of hydrogen-bond donors (Lipinski definition) is 0. The third kappa shape index (κ3) is 5.61. The summed E-state index contributed by atoms with van der Waals surface area (Å²) in [5, 5.41) is 8.89. The van der Waals surface area contributed by atoms with Crippen molar-refractivity contribution in [2.24, 2.45) is 0 Å². The Morgan fingerprint density at radius 3 is 2.19 bits per heavy atom. The Bertz CT molecular complexity index is 943. The van der Waals surface area contributed by atoms with Gasteiger partial charge in [-0.15, -0.1) is 0 Å². The van der Waals surface area contributed by atoms with Gasteiger partial charge in [0.25, 0.3) is 0 Å². The van der Waals surface area contributed by atoms with Crippen LogP contribution >= 0.6 is 0 Å². The highest BCUT2D eigenvalue weighted by molar-refractivity contribution is 5.59. The number of alkyl halides is 6. The van der Waals surface area contributed by atoms with Crippen LogP contribution in [0.15, 0.2) is 42.5 Å². The molecule has 31 heavy (non-hydrogen) atoms. The van der Waals surface area contributed by atoms with Crippen molar-refractivity contribution in [2.45, 2.75) is 12.4 Å². The summed E-state index contributed by atoms with van der Waals surface area (Å²) in [4.78, 5) is 3.30. The highest BCUT2D eigenvalue weighted by Crippen LogP contribution is 2.45. The van der Waals surface area contributed by atoms with Gasteiger partial charge in [-0.25, -0.2) is 0 Å². The van der Waals surface area contributed by atoms with Crippen LogP contribution in [-0.2, 0) is 12.4 Å². The van der Waals surface area contributed by atoms with Gasteiger partial charge >= 0.3 is 12.4 Å². The lowest BCUT2D eigenvalue weighted by Crippen LogP contribution is -2.48. The topological polar surface area (TPSA) is 39.5 Å². The smallest absolute Gasteiger partial charge is 0.418 e. The van der Waals surface area contributed by atoms with E-state index in [1.165, 1.54) is 4.90 Å². The van der Waals surface area contributed by atoms with E-state index in [2.05, 4.69) is 0 Å². The molecule has 0 aliphatic carbocycles. The van der Waals surface area contributed by atoms with Crippen LogP contribution in [0.2, 0.25) is 0 Å². The summed E-state index contributed by atoms with van der Waals surface area (Å²) < 4.78 is 85.5. The maximum absolute atomic E-state index is 13.5. The molecule has 0 N–H and O–H groups in total. The summed E-state index contributed by atoms with van der Waals surface area (Å²) in [7, 11) is 0. The molecule has 166 valence electrons. The molecule has 0 unspecified atom stereocenters. The molecule has 0 radical (unpaired) electrons. The van der Waals surface area contributed by atoms with Crippen LogP contribution < -0.4 is 9.64 Å². The van der Waals surface area contributed by atoms with Crippen LogP contribution in [-0.4, -0.2) is 44.2 Å². The third-order valence-electron chi connectivity index (χ3n) is 4.98. The number of hydrogen-bond acceptors (Lipinski definition) is 4. The second kappa shape index (κ2) is 9.06. The lowest BCUT2D eigenvalue weighted by atomic mass is 10.0. The first-order chi connectivity index (χ1) is 14.6. The van der Waals surface area contributed by atoms with Gasteiger partial charge in [0, 0.05) is 38.4 Å². The van der Waals surface area contributed by atoms with E-state index in [9.17, 15) is 26.3 Å². The van der Waals surface area contributed by atoms with Gasteiger partial charge in [0.1, 0.15) is 12.4 Å². The van der Waals surface area contributed by atoms with Crippen molar-refractivity contribution in [3.05, 3.63) is 59.2 Å². The average molecular weight is 443 g/mol. The van der Waals surface area contributed by atoms with Crippen molar-refractivity contribution in [3.63, 3.8) is 0 Å². The molecule has 1 fully saturated rings. The molecule has 2 aromatic rings. The zero-order valence-electron chi connectivity index (χ0n) is 16.3. The molecule has 0 bridgehead atoms. The first-order valence-corrected chi connectivity index (χ1v) is 9.47. The Morgan fingerprint density at radius 2 is 1.58 bits per heavy atom. The standard InChI is InChI=1S/C21H19F6N3O/c22-20(23,24)17-5-2-6-18(19(17)21(25,26)27)30-9-7-29(8-10-30)11-12-31-16-4-1-3-15(13-16)14-28/h1-6,13H,7-12H2. The van der Waals surface area contributed by atoms with Crippen LogP contribution in [0.5, 0.6) is 5.75 Å². The summed E-state index contributed by atoms with van der Waals surface area (Å²) in [6.45, 7) is 1.90. The number of piperazine rings is 1. The van der Waals surface area contributed by atoms with E-state index in [0.717, 1.165) is 12.1 Å². The van der Waals surface area contributed by atoms with E-state index in [0.29, 0.717) is 43.6 Å². The lowest BCUT2D eigenvalue weighted by molar-refractivity contribution is -0.161. The predicted octanol–water partition coefficient (Wildman–Crippen LogP) is 4.80. The number of benzene rings is 2. The van der Waals surface area contributed by atoms with Crippen molar-refractivity contribution in [1.82, 2.24) is 4.90 Å². The zero-order valence-corrected chi connectivity index (χ0v) is 16.3. The molecule has 0 amide bonds. The molecule has 2 aromatic carbocycles. The highest BCUT2D eigenvalue weighted by atomic mass is 19.4. The summed E-state index contributed by atoms with van der Waals surface area (Å²) in [6.07, 6.45) is -10.2. The van der Waals surface area contributed by atoms with Crippen LogP contribution in [0.4, 0.5) is 32.0 Å². The number of nitriles is 1. The molecular weight excluding hydrogens is 424 g/mol. The van der Waals surface area contributed by atoms with Gasteiger partial charge in [0.2, 0.25) is 0 Å². The second-order valence-corrected chi connectivity index (χ2v) is 7.01. The minimum atomic E-state index is -5.12. The van der Waals surface area contributed by atoms with E-state index >= 15 is 0 Å². The molecule has 0 aromatic heterocycles. The van der Waals surface area contributed by atoms with Crippen LogP contribution in [0.3, 0.4) is 0 Å². The average Bonchev–Trinajstić information content (AvgIpc) is 2.72. The Morgan fingerprint density at radius 1 is 0.903 bits per heavy atom. The Balaban J connectivity index is 1.63. The molecule has 0 spiro atoms. The van der Waals surface area contributed by atoms with E-state index in [1.807, 2.05) is 11.0 Å². The highest BCUT2D eigenvalue weighted by Gasteiger charge is 2.45. The molecule has 3 rings (SSSR count). The van der Waals surface area contributed by atoms with Crippen molar-refractivity contribution in [1.29, 1.82) is 5.26 Å². The van der Waals surface area contributed by atoms with Gasteiger partial charge in [0.05, 0.1) is 22.8 Å². The van der Waals surface area contributed by atoms with E-state index in [4.69, 9.17) is 10.00 Å². The Kier molecular flexibility index (Phi) is 6.65. The largest absolute Gasteiger partial charge is 0.492 e. The molecule has 0 saturated carbocycles. The van der Waals surface area contributed by atoms with Crippen molar-refractivity contribution >= 4 is 5.69 Å². The number of nitrogens with zero attached hydrogens (tertiary/aromatic N) is 3. The number of ether oxygens (including phenoxy) is 1. The minimum absolute atomic E-state index is 0.161. The molecule has 1 saturated heterocycles. The fraction of sp³-hybridized carbons (Fsp3) is 0.381. The minimum Gasteiger partial charge on any atom is -0.492 e. The van der Waals surface area contributed by atoms with Crippen LogP contribution in [0, 0.1) is 11.3 Å². The fourth-order valence-electron chi connectivity index (χ4n) is 3.50. The first-order valence-electron chi connectivity index (χ1n) is 9.47. The van der Waals surface area contributed by atoms with E-state index in [1.54, 1.807) is 24.3 Å². The SMILES string of the molecule is N#Cc1cccc(OCCN2CCN(c3cccc(C(F)(F)F)c3C(F)(F)F)CC2)c1. The molecule has 1 heterocycles. The normalized spacial score (nSPS) is 15.6. The van der Waals surface area contributed by atoms with Crippen molar-refractivity contribution in [3.8, 4) is 11.8 Å². The Labute approximate surface area is 175 Å². The Hall–Kier alpha value is -2.93. The van der Waals surface area contributed by atoms with Crippen LogP contribution in [0.1, 0.15) is 16.7 Å². The van der Waals surface area contributed by atoms with Gasteiger partial charge < -0.3 is 9.64 Å². The summed E-state index contributed by atoms with van der Waals surface area (Å²) in [5.74, 6) is 0.538. The quantitative estimate of drug-likeness (QED) is 0.623. The third-order valence-corrected chi connectivity index (χ3v) is 4.98. The second-order valence-electron chi connectivity index (χ2n) is 7.01. The zero-order chi connectivity index (χ0) is 22.6. The first kappa shape index (κ1) is 22.7. The maximum Gasteiger partial charge on any atom is 0.418 e. The summed E-state index contributed by atoms with van der Waals surface area (Å²) in [6, 6.07) is 11.2. The molecule has 1 aliphatic heterocycles. The van der Waals surface area contributed by atoms with Gasteiger partial charge in [-0.2, -0.15) is 31.6 Å². The predicted molar refractivity (Wildman–Crippen MR) is 102 cm³/mol. The van der Waals surface area contributed by atoms with E-state index < -0.39 is 29.2 Å².